The van der Waals surface area contributed by atoms with Crippen molar-refractivity contribution in [2.45, 2.75) is 24.3 Å². The zero-order valence-corrected chi connectivity index (χ0v) is 9.19. The van der Waals surface area contributed by atoms with Gasteiger partial charge in [-0.15, -0.1) is 0 Å². The molecule has 2 fully saturated rings. The van der Waals surface area contributed by atoms with Gasteiger partial charge >= 0.3 is 0 Å². The van der Waals surface area contributed by atoms with E-state index < -0.39 is 0 Å². The summed E-state index contributed by atoms with van der Waals surface area (Å²) in [6.07, 6.45) is 4.73. The Morgan fingerprint density at radius 1 is 1.60 bits per heavy atom. The molecule has 0 saturated carbocycles. The lowest BCUT2D eigenvalue weighted by atomic mass is 10.2. The first-order valence-corrected chi connectivity index (χ1v) is 6.26. The number of fused-ring (bicyclic) bond motifs is 2. The van der Waals surface area contributed by atoms with E-state index in [9.17, 15) is 4.79 Å². The van der Waals surface area contributed by atoms with Crippen LogP contribution >= 0.6 is 11.8 Å². The third-order valence-electron chi connectivity index (χ3n) is 3.08. The summed E-state index contributed by atoms with van der Waals surface area (Å²) in [5, 5.41) is 4.74. The number of likely N-dealkylation sites (tertiary alicyclic amines) is 1. The van der Waals surface area contributed by atoms with Crippen molar-refractivity contribution in [3.8, 4) is 0 Å². The van der Waals surface area contributed by atoms with Gasteiger partial charge < -0.3 is 4.90 Å². The van der Waals surface area contributed by atoms with Crippen LogP contribution in [0.25, 0.3) is 0 Å². The Balaban J connectivity index is 1.66. The van der Waals surface area contributed by atoms with Gasteiger partial charge in [0, 0.05) is 36.0 Å². The fraction of sp³-hybridized carbons (Fsp3) is 0.600. The second-order valence-corrected chi connectivity index (χ2v) is 5.43. The molecule has 3 rings (SSSR count). The number of nitrogens with zero attached hydrogens (tertiary/aromatic N) is 3. The molecule has 0 spiro atoms. The van der Waals surface area contributed by atoms with Gasteiger partial charge in [0.15, 0.2) is 0 Å². The second-order valence-electron chi connectivity index (χ2n) is 4.09. The molecule has 3 heterocycles. The van der Waals surface area contributed by atoms with E-state index in [1.807, 2.05) is 28.9 Å². The minimum Gasteiger partial charge on any atom is -0.336 e. The molecular weight excluding hydrogens is 210 g/mol. The van der Waals surface area contributed by atoms with Crippen molar-refractivity contribution < 1.29 is 4.79 Å². The van der Waals surface area contributed by atoms with Crippen molar-refractivity contribution >= 4 is 17.7 Å². The highest BCUT2D eigenvalue weighted by Crippen LogP contribution is 2.37. The van der Waals surface area contributed by atoms with Gasteiger partial charge in [0.25, 0.3) is 0 Å². The van der Waals surface area contributed by atoms with Gasteiger partial charge in [-0.25, -0.2) is 0 Å². The third kappa shape index (κ3) is 1.65. The molecular formula is C10H13N3OS. The molecule has 0 unspecified atom stereocenters. The highest BCUT2D eigenvalue weighted by Gasteiger charge is 2.40. The molecule has 80 valence electrons. The summed E-state index contributed by atoms with van der Waals surface area (Å²) in [5.74, 6) is 1.33. The summed E-state index contributed by atoms with van der Waals surface area (Å²) in [6, 6.07) is 2.34. The third-order valence-corrected chi connectivity index (χ3v) is 4.47. The van der Waals surface area contributed by atoms with E-state index in [0.717, 1.165) is 12.3 Å². The number of hydrogen-bond acceptors (Lipinski definition) is 3. The molecule has 1 aromatic heterocycles. The fourth-order valence-corrected chi connectivity index (χ4v) is 3.76. The lowest BCUT2D eigenvalue weighted by Gasteiger charge is -2.26. The van der Waals surface area contributed by atoms with Crippen molar-refractivity contribution in [2.24, 2.45) is 0 Å². The molecule has 0 aliphatic carbocycles. The number of rotatable bonds is 2. The number of thioether (sulfide) groups is 1. The smallest absolute Gasteiger partial charge is 0.244 e. The Bertz CT molecular complexity index is 365. The summed E-state index contributed by atoms with van der Waals surface area (Å²) in [6.45, 7) is 1.33. The second kappa shape index (κ2) is 3.56. The van der Waals surface area contributed by atoms with Crippen LogP contribution < -0.4 is 0 Å². The Kier molecular flexibility index (Phi) is 2.20. The maximum atomic E-state index is 12.0. The number of aromatic nitrogens is 2. The lowest BCUT2D eigenvalue weighted by Crippen LogP contribution is -2.41. The standard InChI is InChI=1S/C10H13N3OS/c14-10(6-12-3-1-2-11-12)13-5-9-4-8(13)7-15-9/h1-3,8-9H,4-7H2/t8-,9+/m0/s1. The van der Waals surface area contributed by atoms with Gasteiger partial charge in [0.05, 0.1) is 0 Å². The zero-order valence-electron chi connectivity index (χ0n) is 8.37. The van der Waals surface area contributed by atoms with Crippen molar-refractivity contribution in [3.05, 3.63) is 18.5 Å². The molecule has 2 aliphatic rings. The van der Waals surface area contributed by atoms with E-state index in [2.05, 4.69) is 5.10 Å². The van der Waals surface area contributed by atoms with E-state index in [0.29, 0.717) is 17.8 Å². The van der Waals surface area contributed by atoms with Crippen molar-refractivity contribution in [1.29, 1.82) is 0 Å². The van der Waals surface area contributed by atoms with Gasteiger partial charge in [0.2, 0.25) is 5.91 Å². The average Bonchev–Trinajstić information content (AvgIpc) is 2.93. The summed E-state index contributed by atoms with van der Waals surface area (Å²) >= 11 is 2.00. The van der Waals surface area contributed by atoms with Crippen molar-refractivity contribution in [3.63, 3.8) is 0 Å². The zero-order chi connectivity index (χ0) is 10.3. The van der Waals surface area contributed by atoms with Crippen LogP contribution in [0.3, 0.4) is 0 Å². The fourth-order valence-electron chi connectivity index (χ4n) is 2.33. The van der Waals surface area contributed by atoms with Gasteiger partial charge in [-0.1, -0.05) is 0 Å². The number of amides is 1. The van der Waals surface area contributed by atoms with Crippen LogP contribution in [0.15, 0.2) is 18.5 Å². The molecule has 0 aromatic carbocycles. The average molecular weight is 223 g/mol. The molecule has 2 aliphatic heterocycles. The van der Waals surface area contributed by atoms with E-state index >= 15 is 0 Å². The summed E-state index contributed by atoms with van der Waals surface area (Å²) in [5.41, 5.74) is 0. The normalized spacial score (nSPS) is 28.7. The molecule has 15 heavy (non-hydrogen) atoms. The largest absolute Gasteiger partial charge is 0.336 e. The van der Waals surface area contributed by atoms with E-state index in [1.54, 1.807) is 10.9 Å². The van der Waals surface area contributed by atoms with Gasteiger partial charge in [-0.2, -0.15) is 16.9 Å². The first-order valence-electron chi connectivity index (χ1n) is 5.21. The highest BCUT2D eigenvalue weighted by atomic mass is 32.2. The highest BCUT2D eigenvalue weighted by molar-refractivity contribution is 8.00. The Labute approximate surface area is 92.6 Å². The minimum atomic E-state index is 0.214. The van der Waals surface area contributed by atoms with Crippen LogP contribution in [0.5, 0.6) is 0 Å². The minimum absolute atomic E-state index is 0.214. The molecule has 2 bridgehead atoms. The topological polar surface area (TPSA) is 38.1 Å². The molecule has 0 N–H and O–H groups in total. The molecule has 2 saturated heterocycles. The first-order chi connectivity index (χ1) is 7.33. The molecule has 2 atom stereocenters. The predicted octanol–water partition coefficient (Wildman–Crippen LogP) is 0.599. The first kappa shape index (κ1) is 9.27. The maximum absolute atomic E-state index is 12.0. The van der Waals surface area contributed by atoms with Crippen molar-refractivity contribution in [1.82, 2.24) is 14.7 Å². The van der Waals surface area contributed by atoms with E-state index in [1.165, 1.54) is 6.42 Å². The van der Waals surface area contributed by atoms with Gasteiger partial charge in [-0.3, -0.25) is 9.48 Å². The van der Waals surface area contributed by atoms with Crippen LogP contribution in [0.1, 0.15) is 6.42 Å². The predicted molar refractivity (Wildman–Crippen MR) is 58.6 cm³/mol. The molecule has 0 radical (unpaired) electrons. The maximum Gasteiger partial charge on any atom is 0.244 e. The molecule has 4 nitrogen and oxygen atoms in total. The number of carbonyl (C=O) groups excluding carboxylic acids is 1. The van der Waals surface area contributed by atoms with Crippen LogP contribution in [-0.4, -0.2) is 44.2 Å². The molecule has 1 aromatic rings. The summed E-state index contributed by atoms with van der Waals surface area (Å²) in [7, 11) is 0. The quantitative estimate of drug-likeness (QED) is 0.737. The van der Waals surface area contributed by atoms with Crippen LogP contribution in [0.4, 0.5) is 0 Å². The van der Waals surface area contributed by atoms with E-state index in [-0.39, 0.29) is 5.91 Å². The monoisotopic (exact) mass is 223 g/mol. The summed E-state index contributed by atoms with van der Waals surface area (Å²) < 4.78 is 1.70. The van der Waals surface area contributed by atoms with Gasteiger partial charge in [0.1, 0.15) is 6.54 Å². The van der Waals surface area contributed by atoms with Crippen LogP contribution in [-0.2, 0) is 11.3 Å². The lowest BCUT2D eigenvalue weighted by molar-refractivity contribution is -0.132. The van der Waals surface area contributed by atoms with E-state index in [4.69, 9.17) is 0 Å². The SMILES string of the molecule is O=C(Cn1cccn1)N1C[C@H]2C[C@H]1CS2. The molecule has 1 amide bonds. The van der Waals surface area contributed by atoms with Gasteiger partial charge in [-0.05, 0) is 12.5 Å². The number of carbonyl (C=O) groups is 1. The summed E-state index contributed by atoms with van der Waals surface area (Å²) in [4.78, 5) is 14.0. The Morgan fingerprint density at radius 3 is 3.13 bits per heavy atom. The van der Waals surface area contributed by atoms with Crippen LogP contribution in [0, 0.1) is 0 Å². The Hall–Kier alpha value is -0.970. The number of hydrogen-bond donors (Lipinski definition) is 0. The van der Waals surface area contributed by atoms with Crippen molar-refractivity contribution in [2.75, 3.05) is 12.3 Å². The molecule has 5 heteroatoms. The van der Waals surface area contributed by atoms with Crippen LogP contribution in [0.2, 0.25) is 0 Å². The Morgan fingerprint density at radius 2 is 2.53 bits per heavy atom.